The number of rotatable bonds is 11. The van der Waals surface area contributed by atoms with E-state index in [0.717, 1.165) is 73.7 Å². The third kappa shape index (κ3) is 7.73. The lowest BCUT2D eigenvalue weighted by Crippen LogP contribution is -2.28. The Morgan fingerprint density at radius 2 is 1.71 bits per heavy atom. The molecule has 6 rings (SSSR count). The van der Waals surface area contributed by atoms with Crippen LogP contribution >= 0.6 is 23.2 Å². The summed E-state index contributed by atoms with van der Waals surface area (Å²) in [6, 6.07) is 13.1. The molecule has 2 aromatic heterocycles. The smallest absolute Gasteiger partial charge is 0.337 e. The summed E-state index contributed by atoms with van der Waals surface area (Å²) in [5, 5.41) is 13.3. The quantitative estimate of drug-likeness (QED) is 0.0918. The van der Waals surface area contributed by atoms with Gasteiger partial charge in [0.05, 0.1) is 35.5 Å². The highest BCUT2D eigenvalue weighted by Gasteiger charge is 2.25. The largest absolute Gasteiger partial charge is 0.494 e. The average Bonchev–Trinajstić information content (AvgIpc) is 3.60. The summed E-state index contributed by atoms with van der Waals surface area (Å²) < 4.78 is 18.5. The lowest BCUT2D eigenvalue weighted by atomic mass is 9.98. The van der Waals surface area contributed by atoms with Crippen LogP contribution in [-0.2, 0) is 22.9 Å². The van der Waals surface area contributed by atoms with Crippen LogP contribution in [-0.4, -0.2) is 59.6 Å². The highest BCUT2D eigenvalue weighted by Crippen LogP contribution is 2.40. The maximum absolute atomic E-state index is 14.3. The van der Waals surface area contributed by atoms with Crippen LogP contribution in [0.4, 0.5) is 11.4 Å². The van der Waals surface area contributed by atoms with Gasteiger partial charge in [0.15, 0.2) is 0 Å². The fourth-order valence-corrected chi connectivity index (χ4v) is 7.21. The molecule has 1 fully saturated rings. The number of aromatic amines is 1. The number of carbonyl (C=O) groups is 2. The fraction of sp³-hybridized carbons (Fsp3) is 0.359. The van der Waals surface area contributed by atoms with Gasteiger partial charge in [-0.2, -0.15) is 5.10 Å². The standard InChI is InChI=1S/C39H43Cl2N5O5/c1-21-16-29(17-22(2)35(21)41)51-13-7-8-30-31-9-10-32(40)34(33-23(3)45-46(5)24(33)4)36(31)44-37(30)38(47)43-28-19-25(39(48)49-6)18-27(20-28)42-26-11-14-50-15-12-26/h9-10,16-20,26,42,44H,7-8,11-15H2,1-6H3,(H,43,47). The van der Waals surface area contributed by atoms with Crippen LogP contribution in [0.1, 0.15) is 68.2 Å². The summed E-state index contributed by atoms with van der Waals surface area (Å²) in [7, 11) is 3.24. The third-order valence-corrected chi connectivity index (χ3v) is 10.4. The molecule has 0 spiro atoms. The molecule has 3 aromatic carbocycles. The van der Waals surface area contributed by atoms with Crippen molar-refractivity contribution in [3.05, 3.63) is 91.8 Å². The monoisotopic (exact) mass is 731 g/mol. The Morgan fingerprint density at radius 1 is 1.00 bits per heavy atom. The number of aryl methyl sites for hydroxylation is 5. The molecule has 51 heavy (non-hydrogen) atoms. The predicted octanol–water partition coefficient (Wildman–Crippen LogP) is 8.75. The molecule has 0 atom stereocenters. The summed E-state index contributed by atoms with van der Waals surface area (Å²) in [4.78, 5) is 30.4. The molecule has 3 heterocycles. The van der Waals surface area contributed by atoms with Crippen molar-refractivity contribution in [3.8, 4) is 16.9 Å². The van der Waals surface area contributed by atoms with Crippen molar-refractivity contribution < 1.29 is 23.8 Å². The maximum Gasteiger partial charge on any atom is 0.337 e. The van der Waals surface area contributed by atoms with Crippen LogP contribution in [0.15, 0.2) is 42.5 Å². The minimum atomic E-state index is -0.500. The first-order valence-electron chi connectivity index (χ1n) is 17.1. The van der Waals surface area contributed by atoms with E-state index in [0.29, 0.717) is 60.3 Å². The number of fused-ring (bicyclic) bond motifs is 1. The average molecular weight is 733 g/mol. The van der Waals surface area contributed by atoms with Gasteiger partial charge in [-0.1, -0.05) is 29.3 Å². The number of halogens is 2. The lowest BCUT2D eigenvalue weighted by Gasteiger charge is -2.24. The summed E-state index contributed by atoms with van der Waals surface area (Å²) in [5.74, 6) is -0.106. The Kier molecular flexibility index (Phi) is 10.9. The predicted molar refractivity (Wildman–Crippen MR) is 203 cm³/mol. The fourth-order valence-electron chi connectivity index (χ4n) is 6.85. The van der Waals surface area contributed by atoms with E-state index < -0.39 is 5.97 Å². The van der Waals surface area contributed by atoms with Crippen molar-refractivity contribution in [1.29, 1.82) is 0 Å². The Morgan fingerprint density at radius 3 is 2.37 bits per heavy atom. The van der Waals surface area contributed by atoms with Gasteiger partial charge in [0, 0.05) is 64.9 Å². The number of esters is 1. The van der Waals surface area contributed by atoms with Crippen molar-refractivity contribution >= 4 is 57.4 Å². The van der Waals surface area contributed by atoms with Gasteiger partial charge in [0.25, 0.3) is 5.91 Å². The number of carbonyl (C=O) groups excluding carboxylic acids is 2. The van der Waals surface area contributed by atoms with Crippen LogP contribution in [0.25, 0.3) is 22.0 Å². The van der Waals surface area contributed by atoms with Gasteiger partial charge in [-0.05, 0) is 106 Å². The molecule has 1 aliphatic heterocycles. The number of aromatic nitrogens is 3. The van der Waals surface area contributed by atoms with Crippen LogP contribution in [0, 0.1) is 27.7 Å². The van der Waals surface area contributed by atoms with Crippen LogP contribution in [0.5, 0.6) is 5.75 Å². The van der Waals surface area contributed by atoms with Gasteiger partial charge in [0.2, 0.25) is 0 Å². The van der Waals surface area contributed by atoms with E-state index in [-0.39, 0.29) is 11.9 Å². The number of benzene rings is 3. The Bertz CT molecular complexity index is 2090. The van der Waals surface area contributed by atoms with Crippen molar-refractivity contribution in [2.24, 2.45) is 7.05 Å². The number of hydrogen-bond donors (Lipinski definition) is 3. The Hall–Kier alpha value is -4.51. The minimum Gasteiger partial charge on any atom is -0.494 e. The second kappa shape index (κ2) is 15.4. The summed E-state index contributed by atoms with van der Waals surface area (Å²) in [6.07, 6.45) is 2.85. The summed E-state index contributed by atoms with van der Waals surface area (Å²) >= 11 is 13.3. The van der Waals surface area contributed by atoms with Gasteiger partial charge in [-0.3, -0.25) is 9.48 Å². The van der Waals surface area contributed by atoms with E-state index in [1.165, 1.54) is 7.11 Å². The first kappa shape index (κ1) is 36.3. The zero-order chi connectivity index (χ0) is 36.4. The molecular formula is C39H43Cl2N5O5. The number of nitrogens with one attached hydrogen (secondary N) is 3. The molecule has 10 nitrogen and oxygen atoms in total. The highest BCUT2D eigenvalue weighted by molar-refractivity contribution is 6.35. The number of methoxy groups -OCH3 is 1. The molecule has 3 N–H and O–H groups in total. The molecule has 0 unspecified atom stereocenters. The van der Waals surface area contributed by atoms with E-state index >= 15 is 0 Å². The van der Waals surface area contributed by atoms with Gasteiger partial charge < -0.3 is 29.8 Å². The van der Waals surface area contributed by atoms with Gasteiger partial charge in [0.1, 0.15) is 11.4 Å². The van der Waals surface area contributed by atoms with Crippen molar-refractivity contribution in [1.82, 2.24) is 14.8 Å². The molecule has 1 amide bonds. The van der Waals surface area contributed by atoms with Crippen molar-refractivity contribution in [2.45, 2.75) is 59.4 Å². The second-order valence-electron chi connectivity index (χ2n) is 13.1. The first-order chi connectivity index (χ1) is 24.4. The molecule has 0 radical (unpaired) electrons. The third-order valence-electron chi connectivity index (χ3n) is 9.47. The van der Waals surface area contributed by atoms with E-state index in [1.54, 1.807) is 12.1 Å². The summed E-state index contributed by atoms with van der Waals surface area (Å²) in [6.45, 7) is 9.62. The van der Waals surface area contributed by atoms with E-state index in [4.69, 9.17) is 37.4 Å². The topological polar surface area (TPSA) is 120 Å². The minimum absolute atomic E-state index is 0.181. The molecule has 0 aliphatic carbocycles. The first-order valence-corrected chi connectivity index (χ1v) is 17.8. The van der Waals surface area contributed by atoms with Crippen LogP contribution in [0.2, 0.25) is 10.0 Å². The van der Waals surface area contributed by atoms with E-state index in [9.17, 15) is 9.59 Å². The normalized spacial score (nSPS) is 13.4. The van der Waals surface area contributed by atoms with E-state index in [2.05, 4.69) is 20.7 Å². The molecule has 0 bridgehead atoms. The Labute approximate surface area is 307 Å². The molecule has 0 saturated carbocycles. The Balaban J connectivity index is 1.36. The molecule has 1 aliphatic rings. The number of nitrogens with zero attached hydrogens (tertiary/aromatic N) is 2. The molecule has 12 heteroatoms. The molecule has 268 valence electrons. The van der Waals surface area contributed by atoms with Gasteiger partial charge in [-0.15, -0.1) is 0 Å². The molecule has 1 saturated heterocycles. The second-order valence-corrected chi connectivity index (χ2v) is 13.9. The SMILES string of the molecule is COC(=O)c1cc(NC(=O)c2[nH]c3c(-c4c(C)nn(C)c4C)c(Cl)ccc3c2CCCOc2cc(C)c(Cl)c(C)c2)cc(NC2CCOCC2)c1. The number of H-pyrrole nitrogens is 1. The van der Waals surface area contributed by atoms with Gasteiger partial charge in [-0.25, -0.2) is 4.79 Å². The van der Waals surface area contributed by atoms with Crippen molar-refractivity contribution in [3.63, 3.8) is 0 Å². The summed E-state index contributed by atoms with van der Waals surface area (Å²) in [5.41, 5.74) is 8.85. The van der Waals surface area contributed by atoms with Crippen LogP contribution < -0.4 is 15.4 Å². The number of anilines is 2. The zero-order valence-corrected chi connectivity index (χ0v) is 31.3. The molecular weight excluding hydrogens is 689 g/mol. The molecule has 5 aromatic rings. The highest BCUT2D eigenvalue weighted by atomic mass is 35.5. The number of hydrogen-bond acceptors (Lipinski definition) is 7. The number of amides is 1. The maximum atomic E-state index is 14.3. The number of ether oxygens (including phenoxy) is 3. The lowest BCUT2D eigenvalue weighted by molar-refractivity contribution is 0.0600. The zero-order valence-electron chi connectivity index (χ0n) is 29.8. The van der Waals surface area contributed by atoms with E-state index in [1.807, 2.05) is 69.8 Å². The van der Waals surface area contributed by atoms with Crippen molar-refractivity contribution in [2.75, 3.05) is 37.6 Å². The van der Waals surface area contributed by atoms with Gasteiger partial charge >= 0.3 is 5.97 Å². The van der Waals surface area contributed by atoms with Crippen LogP contribution in [0.3, 0.4) is 0 Å².